The van der Waals surface area contributed by atoms with Crippen LogP contribution in [0.1, 0.15) is 29.2 Å². The van der Waals surface area contributed by atoms with Gasteiger partial charge in [0.1, 0.15) is 6.10 Å². The Balaban J connectivity index is 2.98. The molecule has 0 aromatic heterocycles. The lowest BCUT2D eigenvalue weighted by Crippen LogP contribution is -2.20. The highest BCUT2D eigenvalue weighted by molar-refractivity contribution is 5.39. The second-order valence-corrected chi connectivity index (χ2v) is 3.71. The number of benzene rings is 1. The van der Waals surface area contributed by atoms with Crippen molar-refractivity contribution in [3.8, 4) is 6.07 Å². The summed E-state index contributed by atoms with van der Waals surface area (Å²) in [5, 5.41) is 36.8. The van der Waals surface area contributed by atoms with Crippen LogP contribution in [-0.4, -0.2) is 28.0 Å². The van der Waals surface area contributed by atoms with Crippen LogP contribution in [0.3, 0.4) is 0 Å². The molecule has 4 nitrogen and oxygen atoms in total. The predicted molar refractivity (Wildman–Crippen MR) is 58.6 cm³/mol. The molecular weight excluding hydrogens is 206 g/mol. The standard InChI is InChI=1S/C12H15NO3/c1-8-2-3-9(7-13)6-10(8)12(16)11(15)4-5-14/h2-3,6,11-12,14-16H,4-5H2,1H3. The van der Waals surface area contributed by atoms with E-state index < -0.39 is 12.2 Å². The zero-order chi connectivity index (χ0) is 12.1. The summed E-state index contributed by atoms with van der Waals surface area (Å²) >= 11 is 0. The molecule has 2 unspecified atom stereocenters. The van der Waals surface area contributed by atoms with Crippen molar-refractivity contribution in [3.63, 3.8) is 0 Å². The number of hydrogen-bond donors (Lipinski definition) is 3. The zero-order valence-corrected chi connectivity index (χ0v) is 9.09. The fourth-order valence-corrected chi connectivity index (χ4v) is 1.53. The van der Waals surface area contributed by atoms with Crippen LogP contribution in [0.4, 0.5) is 0 Å². The molecule has 1 aromatic rings. The molecule has 0 fully saturated rings. The molecule has 0 radical (unpaired) electrons. The quantitative estimate of drug-likeness (QED) is 0.696. The van der Waals surface area contributed by atoms with E-state index >= 15 is 0 Å². The number of aliphatic hydroxyl groups excluding tert-OH is 3. The van der Waals surface area contributed by atoms with Crippen molar-refractivity contribution in [2.24, 2.45) is 0 Å². The van der Waals surface area contributed by atoms with Crippen molar-refractivity contribution < 1.29 is 15.3 Å². The molecule has 0 aliphatic rings. The Morgan fingerprint density at radius 2 is 2.06 bits per heavy atom. The van der Waals surface area contributed by atoms with Gasteiger partial charge in [0.25, 0.3) is 0 Å². The Kier molecular flexibility index (Phi) is 4.44. The molecule has 4 heteroatoms. The highest BCUT2D eigenvalue weighted by atomic mass is 16.3. The molecule has 86 valence electrons. The Labute approximate surface area is 94.4 Å². The van der Waals surface area contributed by atoms with E-state index in [0.29, 0.717) is 11.1 Å². The second kappa shape index (κ2) is 5.61. The van der Waals surface area contributed by atoms with Crippen molar-refractivity contribution in [3.05, 3.63) is 34.9 Å². The lowest BCUT2D eigenvalue weighted by Gasteiger charge is -2.19. The van der Waals surface area contributed by atoms with E-state index in [2.05, 4.69) is 0 Å². The minimum absolute atomic E-state index is 0.109. The van der Waals surface area contributed by atoms with Gasteiger partial charge in [0.2, 0.25) is 0 Å². The molecule has 16 heavy (non-hydrogen) atoms. The summed E-state index contributed by atoms with van der Waals surface area (Å²) in [7, 11) is 0. The maximum absolute atomic E-state index is 9.85. The lowest BCUT2D eigenvalue weighted by molar-refractivity contribution is 0.00387. The smallest absolute Gasteiger partial charge is 0.105 e. The lowest BCUT2D eigenvalue weighted by atomic mass is 9.96. The molecule has 0 amide bonds. The van der Waals surface area contributed by atoms with Crippen LogP contribution in [-0.2, 0) is 0 Å². The first kappa shape index (κ1) is 12.7. The van der Waals surface area contributed by atoms with Crippen molar-refractivity contribution in [1.29, 1.82) is 5.26 Å². The zero-order valence-electron chi connectivity index (χ0n) is 9.09. The monoisotopic (exact) mass is 221 g/mol. The molecule has 2 atom stereocenters. The highest BCUT2D eigenvalue weighted by Gasteiger charge is 2.19. The largest absolute Gasteiger partial charge is 0.396 e. The normalized spacial score (nSPS) is 14.2. The van der Waals surface area contributed by atoms with Crippen LogP contribution in [0.5, 0.6) is 0 Å². The maximum atomic E-state index is 9.85. The first-order chi connectivity index (χ1) is 7.60. The van der Waals surface area contributed by atoms with Crippen LogP contribution in [0.2, 0.25) is 0 Å². The van der Waals surface area contributed by atoms with E-state index in [1.165, 1.54) is 0 Å². The van der Waals surface area contributed by atoms with E-state index in [4.69, 9.17) is 10.4 Å². The van der Waals surface area contributed by atoms with Gasteiger partial charge in [-0.15, -0.1) is 0 Å². The average molecular weight is 221 g/mol. The summed E-state index contributed by atoms with van der Waals surface area (Å²) < 4.78 is 0. The summed E-state index contributed by atoms with van der Waals surface area (Å²) in [6, 6.07) is 6.92. The molecule has 0 aliphatic carbocycles. The van der Waals surface area contributed by atoms with Gasteiger partial charge in [-0.05, 0) is 36.6 Å². The van der Waals surface area contributed by atoms with Crippen LogP contribution >= 0.6 is 0 Å². The Hall–Kier alpha value is -1.41. The molecule has 0 saturated heterocycles. The van der Waals surface area contributed by atoms with Gasteiger partial charge in [-0.1, -0.05) is 6.07 Å². The van der Waals surface area contributed by atoms with Crippen LogP contribution in [0, 0.1) is 18.3 Å². The second-order valence-electron chi connectivity index (χ2n) is 3.71. The minimum Gasteiger partial charge on any atom is -0.396 e. The topological polar surface area (TPSA) is 84.5 Å². The molecule has 1 rings (SSSR count). The van der Waals surface area contributed by atoms with Gasteiger partial charge in [-0.25, -0.2) is 0 Å². The Bertz CT molecular complexity index is 398. The fraction of sp³-hybridized carbons (Fsp3) is 0.417. The summed E-state index contributed by atoms with van der Waals surface area (Å²) in [6.45, 7) is 1.61. The molecule has 0 heterocycles. The molecular formula is C12H15NO3. The van der Waals surface area contributed by atoms with Gasteiger partial charge >= 0.3 is 0 Å². The third-order valence-electron chi connectivity index (χ3n) is 2.52. The summed E-state index contributed by atoms with van der Waals surface area (Å²) in [5.74, 6) is 0. The van der Waals surface area contributed by atoms with Crippen LogP contribution < -0.4 is 0 Å². The number of nitriles is 1. The van der Waals surface area contributed by atoms with Crippen LogP contribution in [0.15, 0.2) is 18.2 Å². The van der Waals surface area contributed by atoms with Crippen LogP contribution in [0.25, 0.3) is 0 Å². The predicted octanol–water partition coefficient (Wildman–Crippen LogP) is 0.643. The van der Waals surface area contributed by atoms with Crippen molar-refractivity contribution in [1.82, 2.24) is 0 Å². The van der Waals surface area contributed by atoms with Gasteiger partial charge in [0, 0.05) is 6.61 Å². The number of aryl methyl sites for hydroxylation is 1. The average Bonchev–Trinajstić information content (AvgIpc) is 2.29. The van der Waals surface area contributed by atoms with E-state index in [0.717, 1.165) is 5.56 Å². The van der Waals surface area contributed by atoms with Gasteiger partial charge < -0.3 is 15.3 Å². The molecule has 0 saturated carbocycles. The van der Waals surface area contributed by atoms with Crippen molar-refractivity contribution in [2.75, 3.05) is 6.61 Å². The van der Waals surface area contributed by atoms with E-state index in [1.54, 1.807) is 25.1 Å². The summed E-state index contributed by atoms with van der Waals surface area (Å²) in [4.78, 5) is 0. The molecule has 0 aliphatic heterocycles. The third-order valence-corrected chi connectivity index (χ3v) is 2.52. The van der Waals surface area contributed by atoms with Gasteiger partial charge in [-0.2, -0.15) is 5.26 Å². The Morgan fingerprint density at radius 1 is 1.38 bits per heavy atom. The number of hydrogen-bond acceptors (Lipinski definition) is 4. The van der Waals surface area contributed by atoms with E-state index in [-0.39, 0.29) is 13.0 Å². The maximum Gasteiger partial charge on any atom is 0.105 e. The highest BCUT2D eigenvalue weighted by Crippen LogP contribution is 2.23. The number of nitrogens with zero attached hydrogens (tertiary/aromatic N) is 1. The molecule has 3 N–H and O–H groups in total. The number of aliphatic hydroxyl groups is 3. The summed E-state index contributed by atoms with van der Waals surface area (Å²) in [6.07, 6.45) is -1.98. The Morgan fingerprint density at radius 3 is 2.62 bits per heavy atom. The molecule has 0 spiro atoms. The molecule has 1 aromatic carbocycles. The van der Waals surface area contributed by atoms with E-state index in [9.17, 15) is 10.2 Å². The first-order valence-corrected chi connectivity index (χ1v) is 5.07. The fourth-order valence-electron chi connectivity index (χ4n) is 1.53. The van der Waals surface area contributed by atoms with Gasteiger partial charge in [0.05, 0.1) is 17.7 Å². The molecule has 0 bridgehead atoms. The van der Waals surface area contributed by atoms with Gasteiger partial charge in [-0.3, -0.25) is 0 Å². The SMILES string of the molecule is Cc1ccc(C#N)cc1C(O)C(O)CCO. The third kappa shape index (κ3) is 2.80. The minimum atomic E-state index is -1.07. The van der Waals surface area contributed by atoms with E-state index in [1.807, 2.05) is 6.07 Å². The first-order valence-electron chi connectivity index (χ1n) is 5.07. The van der Waals surface area contributed by atoms with Gasteiger partial charge in [0.15, 0.2) is 0 Å². The summed E-state index contributed by atoms with van der Waals surface area (Å²) in [5.41, 5.74) is 1.78. The van der Waals surface area contributed by atoms with Crippen molar-refractivity contribution in [2.45, 2.75) is 25.6 Å². The number of rotatable bonds is 4. The van der Waals surface area contributed by atoms with Crippen molar-refractivity contribution >= 4 is 0 Å².